The number of urea groups is 1. The predicted molar refractivity (Wildman–Crippen MR) is 44.5 cm³/mol. The Morgan fingerprint density at radius 1 is 1.50 bits per heavy atom. The molecule has 1 heterocycles. The lowest BCUT2D eigenvalue weighted by molar-refractivity contribution is -0.121. The first-order chi connectivity index (χ1) is 5.52. The second kappa shape index (κ2) is 3.13. The van der Waals surface area contributed by atoms with Gasteiger partial charge in [-0.1, -0.05) is 13.8 Å². The second-order valence-corrected chi connectivity index (χ2v) is 3.52. The molecule has 1 N–H and O–H groups in total. The van der Waals surface area contributed by atoms with Crippen LogP contribution in [0.15, 0.2) is 0 Å². The molecule has 1 atom stereocenters. The van der Waals surface area contributed by atoms with E-state index in [1.807, 2.05) is 13.8 Å². The summed E-state index contributed by atoms with van der Waals surface area (Å²) in [5.74, 6) is 0.199. The van der Waals surface area contributed by atoms with Gasteiger partial charge in [-0.3, -0.25) is 10.1 Å². The molecule has 1 aliphatic rings. The first-order valence-electron chi connectivity index (χ1n) is 4.14. The molecule has 0 bridgehead atoms. The van der Waals surface area contributed by atoms with Crippen LogP contribution in [0.1, 0.15) is 20.8 Å². The fourth-order valence-corrected chi connectivity index (χ4v) is 1.23. The third kappa shape index (κ3) is 1.57. The van der Waals surface area contributed by atoms with Crippen molar-refractivity contribution in [1.82, 2.24) is 10.2 Å². The Morgan fingerprint density at radius 3 is 2.42 bits per heavy atom. The maximum atomic E-state index is 11.1. The van der Waals surface area contributed by atoms with Gasteiger partial charge in [0.15, 0.2) is 0 Å². The van der Waals surface area contributed by atoms with Crippen LogP contribution in [0.4, 0.5) is 4.79 Å². The Hall–Kier alpha value is -1.06. The molecule has 3 amide bonds. The Labute approximate surface area is 71.9 Å². The zero-order valence-electron chi connectivity index (χ0n) is 7.63. The van der Waals surface area contributed by atoms with Crippen molar-refractivity contribution in [3.63, 3.8) is 0 Å². The molecule has 0 aromatic carbocycles. The zero-order chi connectivity index (χ0) is 9.30. The molecular formula is C8H14N2O2. The van der Waals surface area contributed by atoms with Crippen LogP contribution in [0.3, 0.4) is 0 Å². The highest BCUT2D eigenvalue weighted by Gasteiger charge is 2.34. The lowest BCUT2D eigenvalue weighted by Crippen LogP contribution is -2.35. The van der Waals surface area contributed by atoms with E-state index < -0.39 is 0 Å². The Morgan fingerprint density at radius 2 is 2.08 bits per heavy atom. The van der Waals surface area contributed by atoms with E-state index in [-0.39, 0.29) is 18.0 Å². The van der Waals surface area contributed by atoms with Crippen LogP contribution in [0.5, 0.6) is 0 Å². The highest BCUT2D eigenvalue weighted by atomic mass is 16.2. The molecular weight excluding hydrogens is 156 g/mol. The van der Waals surface area contributed by atoms with Gasteiger partial charge in [0, 0.05) is 6.54 Å². The third-order valence-corrected chi connectivity index (χ3v) is 1.90. The highest BCUT2D eigenvalue weighted by molar-refractivity contribution is 6.03. The smallest absolute Gasteiger partial charge is 0.312 e. The van der Waals surface area contributed by atoms with E-state index in [0.717, 1.165) is 0 Å². The first-order valence-corrected chi connectivity index (χ1v) is 4.14. The van der Waals surface area contributed by atoms with Gasteiger partial charge in [-0.15, -0.1) is 0 Å². The van der Waals surface area contributed by atoms with Gasteiger partial charge in [0.2, 0.25) is 0 Å². The molecule has 0 saturated carbocycles. The second-order valence-electron chi connectivity index (χ2n) is 3.52. The summed E-state index contributed by atoms with van der Waals surface area (Å²) < 4.78 is 0. The number of nitrogens with zero attached hydrogens (tertiary/aromatic N) is 1. The number of carbonyl (C=O) groups is 2. The largest absolute Gasteiger partial charge is 0.324 e. The van der Waals surface area contributed by atoms with Crippen molar-refractivity contribution in [2.45, 2.75) is 26.8 Å². The predicted octanol–water partition coefficient (Wildman–Crippen LogP) is 0.583. The lowest BCUT2D eigenvalue weighted by Gasteiger charge is -2.20. The fraction of sp³-hybridized carbons (Fsp3) is 0.750. The van der Waals surface area contributed by atoms with Crippen molar-refractivity contribution in [2.75, 3.05) is 6.54 Å². The molecule has 4 heteroatoms. The number of rotatable bonds is 2. The minimum absolute atomic E-state index is 0.194. The van der Waals surface area contributed by atoms with Gasteiger partial charge < -0.3 is 4.90 Å². The molecule has 1 fully saturated rings. The third-order valence-electron chi connectivity index (χ3n) is 1.90. The van der Waals surface area contributed by atoms with Crippen molar-refractivity contribution in [2.24, 2.45) is 5.92 Å². The molecule has 0 aromatic heterocycles. The number of hydrogen-bond acceptors (Lipinski definition) is 2. The van der Waals surface area contributed by atoms with Crippen LogP contribution in [0.25, 0.3) is 0 Å². The topological polar surface area (TPSA) is 49.4 Å². The molecule has 0 spiro atoms. The fourth-order valence-electron chi connectivity index (χ4n) is 1.23. The summed E-state index contributed by atoms with van der Waals surface area (Å²) in [5.41, 5.74) is 0. The summed E-state index contributed by atoms with van der Waals surface area (Å²) >= 11 is 0. The Balaban J connectivity index is 2.63. The number of hydrogen-bond donors (Lipinski definition) is 1. The van der Waals surface area contributed by atoms with Gasteiger partial charge in [0.1, 0.15) is 6.04 Å². The SMILES string of the molecule is CC(C)CN1C(=O)NC(=O)C1C. The van der Waals surface area contributed by atoms with Crippen molar-refractivity contribution in [3.05, 3.63) is 0 Å². The summed E-state index contributed by atoms with van der Waals surface area (Å²) in [6, 6.07) is -0.568. The molecule has 1 rings (SSSR count). The van der Waals surface area contributed by atoms with E-state index in [1.165, 1.54) is 0 Å². The van der Waals surface area contributed by atoms with E-state index in [1.54, 1.807) is 11.8 Å². The maximum absolute atomic E-state index is 11.1. The minimum atomic E-state index is -0.306. The van der Waals surface area contributed by atoms with Crippen LogP contribution in [0.2, 0.25) is 0 Å². The molecule has 0 radical (unpaired) electrons. The molecule has 0 aromatic rings. The van der Waals surface area contributed by atoms with E-state index in [9.17, 15) is 9.59 Å². The van der Waals surface area contributed by atoms with Gasteiger partial charge in [0.25, 0.3) is 5.91 Å². The highest BCUT2D eigenvalue weighted by Crippen LogP contribution is 2.10. The van der Waals surface area contributed by atoms with Crippen molar-refractivity contribution in [3.8, 4) is 0 Å². The van der Waals surface area contributed by atoms with E-state index in [0.29, 0.717) is 12.5 Å². The summed E-state index contributed by atoms with van der Waals surface area (Å²) in [4.78, 5) is 23.7. The van der Waals surface area contributed by atoms with Gasteiger partial charge >= 0.3 is 6.03 Å². The van der Waals surface area contributed by atoms with Crippen LogP contribution < -0.4 is 5.32 Å². The summed E-state index contributed by atoms with van der Waals surface area (Å²) in [5, 5.41) is 2.27. The van der Waals surface area contributed by atoms with Gasteiger partial charge in [-0.05, 0) is 12.8 Å². The molecule has 12 heavy (non-hydrogen) atoms. The molecule has 1 unspecified atom stereocenters. The first kappa shape index (κ1) is 9.03. The van der Waals surface area contributed by atoms with Crippen molar-refractivity contribution < 1.29 is 9.59 Å². The van der Waals surface area contributed by atoms with Gasteiger partial charge in [-0.25, -0.2) is 4.79 Å². The number of carbonyl (C=O) groups excluding carboxylic acids is 2. The van der Waals surface area contributed by atoms with E-state index >= 15 is 0 Å². The number of amides is 3. The summed E-state index contributed by atoms with van der Waals surface area (Å²) in [6.07, 6.45) is 0. The molecule has 1 saturated heterocycles. The zero-order valence-corrected chi connectivity index (χ0v) is 7.63. The molecule has 1 aliphatic heterocycles. The summed E-state index contributed by atoms with van der Waals surface area (Å²) in [6.45, 7) is 6.41. The van der Waals surface area contributed by atoms with Crippen molar-refractivity contribution in [1.29, 1.82) is 0 Å². The summed E-state index contributed by atoms with van der Waals surface area (Å²) in [7, 11) is 0. The van der Waals surface area contributed by atoms with Crippen molar-refractivity contribution >= 4 is 11.9 Å². The van der Waals surface area contributed by atoms with Gasteiger partial charge in [-0.2, -0.15) is 0 Å². The van der Waals surface area contributed by atoms with E-state index in [4.69, 9.17) is 0 Å². The minimum Gasteiger partial charge on any atom is -0.312 e. The van der Waals surface area contributed by atoms with Crippen LogP contribution in [-0.4, -0.2) is 29.4 Å². The monoisotopic (exact) mass is 170 g/mol. The molecule has 4 nitrogen and oxygen atoms in total. The van der Waals surface area contributed by atoms with E-state index in [2.05, 4.69) is 5.32 Å². The molecule has 0 aliphatic carbocycles. The average molecular weight is 170 g/mol. The lowest BCUT2D eigenvalue weighted by atomic mass is 10.2. The average Bonchev–Trinajstić information content (AvgIpc) is 2.16. The quantitative estimate of drug-likeness (QED) is 0.616. The van der Waals surface area contributed by atoms with Gasteiger partial charge in [0.05, 0.1) is 0 Å². The maximum Gasteiger partial charge on any atom is 0.324 e. The Kier molecular flexibility index (Phi) is 2.35. The van der Waals surface area contributed by atoms with Crippen LogP contribution in [-0.2, 0) is 4.79 Å². The molecule has 68 valence electrons. The standard InChI is InChI=1S/C8H14N2O2/c1-5(2)4-10-6(3)7(11)9-8(10)12/h5-6H,4H2,1-3H3,(H,9,11,12). The number of nitrogens with one attached hydrogen (secondary N) is 1. The Bertz CT molecular complexity index is 213. The normalized spacial score (nSPS) is 23.7. The number of imide groups is 1. The van der Waals surface area contributed by atoms with Crippen LogP contribution in [0, 0.1) is 5.92 Å². The van der Waals surface area contributed by atoms with Crippen LogP contribution >= 0.6 is 0 Å².